The Morgan fingerprint density at radius 3 is 2.26 bits per heavy atom. The number of hydrogen-bond acceptors (Lipinski definition) is 3. The van der Waals surface area contributed by atoms with Gasteiger partial charge in [-0.2, -0.15) is 0 Å². The van der Waals surface area contributed by atoms with Gasteiger partial charge in [0.2, 0.25) is 0 Å². The van der Waals surface area contributed by atoms with Crippen molar-refractivity contribution in [2.45, 2.75) is 33.1 Å². The Morgan fingerprint density at radius 2 is 1.74 bits per heavy atom. The number of nitrogens with one attached hydrogen (secondary N) is 2. The summed E-state index contributed by atoms with van der Waals surface area (Å²) in [7, 11) is 0. The van der Waals surface area contributed by atoms with Crippen LogP contribution in [0.15, 0.2) is 16.9 Å². The largest absolute Gasteiger partial charge is 0.504 e. The zero-order chi connectivity index (χ0) is 14.4. The van der Waals surface area contributed by atoms with E-state index >= 15 is 0 Å². The second kappa shape index (κ2) is 4.19. The van der Waals surface area contributed by atoms with E-state index in [0.29, 0.717) is 16.7 Å². The molecule has 0 fully saturated rings. The highest BCUT2D eigenvalue weighted by molar-refractivity contribution is 5.70. The smallest absolute Gasteiger partial charge is 0.272 e. The molecule has 1 heterocycles. The van der Waals surface area contributed by atoms with E-state index in [2.05, 4.69) is 10.2 Å². The molecular weight excluding hydrogens is 244 g/mol. The van der Waals surface area contributed by atoms with Crippen LogP contribution in [0.2, 0.25) is 0 Å². The number of hydrogen-bond donors (Lipinski definition) is 4. The quantitative estimate of drug-likeness (QED) is 0.595. The molecular formula is C14H18N2O3. The summed E-state index contributed by atoms with van der Waals surface area (Å²) >= 11 is 0. The molecule has 102 valence electrons. The molecule has 0 spiro atoms. The van der Waals surface area contributed by atoms with E-state index in [1.54, 1.807) is 13.0 Å². The summed E-state index contributed by atoms with van der Waals surface area (Å²) in [5.74, 6) is -0.386. The minimum Gasteiger partial charge on any atom is -0.504 e. The molecule has 5 nitrogen and oxygen atoms in total. The molecule has 5 heteroatoms. The van der Waals surface area contributed by atoms with Crippen molar-refractivity contribution < 1.29 is 10.2 Å². The predicted octanol–water partition coefficient (Wildman–Crippen LogP) is 2.39. The van der Waals surface area contributed by atoms with E-state index in [0.717, 1.165) is 5.69 Å². The van der Waals surface area contributed by atoms with E-state index in [-0.39, 0.29) is 22.5 Å². The monoisotopic (exact) mass is 262 g/mol. The van der Waals surface area contributed by atoms with Gasteiger partial charge >= 0.3 is 0 Å². The molecule has 19 heavy (non-hydrogen) atoms. The van der Waals surface area contributed by atoms with Gasteiger partial charge in [0, 0.05) is 5.41 Å². The molecule has 2 rings (SSSR count). The number of aromatic nitrogens is 2. The summed E-state index contributed by atoms with van der Waals surface area (Å²) in [4.78, 5) is 12.0. The van der Waals surface area contributed by atoms with Gasteiger partial charge in [0.25, 0.3) is 5.56 Å². The molecule has 0 amide bonds. The molecule has 0 saturated heterocycles. The van der Waals surface area contributed by atoms with Crippen LogP contribution in [-0.4, -0.2) is 20.4 Å². The molecule has 0 radical (unpaired) electrons. The van der Waals surface area contributed by atoms with Crippen molar-refractivity contribution in [1.82, 2.24) is 10.2 Å². The van der Waals surface area contributed by atoms with E-state index in [1.807, 2.05) is 20.8 Å². The highest BCUT2D eigenvalue weighted by Crippen LogP contribution is 2.36. The molecule has 0 saturated carbocycles. The fraction of sp³-hybridized carbons (Fsp3) is 0.357. The normalized spacial score (nSPS) is 11.8. The summed E-state index contributed by atoms with van der Waals surface area (Å²) in [5, 5.41) is 24.7. The first-order chi connectivity index (χ1) is 8.71. The van der Waals surface area contributed by atoms with E-state index in [9.17, 15) is 15.0 Å². The molecule has 4 N–H and O–H groups in total. The lowest BCUT2D eigenvalue weighted by molar-refractivity contribution is 0.401. The number of phenolic OH excluding ortho intramolecular Hbond substituents is 2. The van der Waals surface area contributed by atoms with Crippen LogP contribution >= 0.6 is 0 Å². The average molecular weight is 262 g/mol. The standard InChI is InChI=1S/C14H18N2O3/c1-7-5-8(6-9(17)11(7)18)10-12(14(2,3)4)15-16-13(10)19/h5-6,17-18H,1-4H3,(H2,15,16,19). The third-order valence-electron chi connectivity index (χ3n) is 3.10. The van der Waals surface area contributed by atoms with Crippen molar-refractivity contribution in [3.63, 3.8) is 0 Å². The summed E-state index contributed by atoms with van der Waals surface area (Å²) in [6.07, 6.45) is 0. The highest BCUT2D eigenvalue weighted by Gasteiger charge is 2.24. The number of rotatable bonds is 1. The van der Waals surface area contributed by atoms with Crippen molar-refractivity contribution >= 4 is 0 Å². The molecule has 0 aliphatic carbocycles. The van der Waals surface area contributed by atoms with Gasteiger partial charge in [-0.3, -0.25) is 9.89 Å². The van der Waals surface area contributed by atoms with E-state index < -0.39 is 0 Å². The fourth-order valence-electron chi connectivity index (χ4n) is 2.10. The maximum Gasteiger partial charge on any atom is 0.272 e. The van der Waals surface area contributed by atoms with Gasteiger partial charge in [-0.1, -0.05) is 20.8 Å². The van der Waals surface area contributed by atoms with E-state index in [1.165, 1.54) is 6.07 Å². The molecule has 1 aromatic carbocycles. The lowest BCUT2D eigenvalue weighted by atomic mass is 9.87. The summed E-state index contributed by atoms with van der Waals surface area (Å²) in [5.41, 5.74) is 1.88. The Bertz CT molecular complexity index is 652. The van der Waals surface area contributed by atoms with Crippen molar-refractivity contribution in [2.24, 2.45) is 0 Å². The Morgan fingerprint density at radius 1 is 1.11 bits per heavy atom. The van der Waals surface area contributed by atoms with Crippen LogP contribution in [0.3, 0.4) is 0 Å². The fourth-order valence-corrected chi connectivity index (χ4v) is 2.10. The number of phenols is 2. The summed E-state index contributed by atoms with van der Waals surface area (Å²) < 4.78 is 0. The summed E-state index contributed by atoms with van der Waals surface area (Å²) in [6.45, 7) is 7.64. The topological polar surface area (TPSA) is 89.1 Å². The Balaban J connectivity index is 2.73. The van der Waals surface area contributed by atoms with Gasteiger partial charge < -0.3 is 15.3 Å². The van der Waals surface area contributed by atoms with Crippen molar-refractivity contribution in [2.75, 3.05) is 0 Å². The molecule has 0 unspecified atom stereocenters. The minimum absolute atomic E-state index is 0.159. The lowest BCUT2D eigenvalue weighted by Gasteiger charge is -2.18. The Hall–Kier alpha value is -2.17. The van der Waals surface area contributed by atoms with Crippen LogP contribution in [0.25, 0.3) is 11.1 Å². The van der Waals surface area contributed by atoms with Gasteiger partial charge in [-0.15, -0.1) is 0 Å². The second-order valence-corrected chi connectivity index (χ2v) is 5.74. The van der Waals surface area contributed by atoms with Crippen LogP contribution in [0.4, 0.5) is 0 Å². The number of benzene rings is 1. The van der Waals surface area contributed by atoms with Crippen molar-refractivity contribution in [1.29, 1.82) is 0 Å². The maximum absolute atomic E-state index is 12.0. The predicted molar refractivity (Wildman–Crippen MR) is 73.6 cm³/mol. The first-order valence-corrected chi connectivity index (χ1v) is 6.06. The summed E-state index contributed by atoms with van der Waals surface area (Å²) in [6, 6.07) is 3.08. The van der Waals surface area contributed by atoms with Gasteiger partial charge in [-0.05, 0) is 30.2 Å². The molecule has 2 aromatic rings. The molecule has 0 atom stereocenters. The third kappa shape index (κ3) is 2.23. The number of H-pyrrole nitrogens is 2. The van der Waals surface area contributed by atoms with Crippen molar-refractivity contribution in [3.8, 4) is 22.6 Å². The first-order valence-electron chi connectivity index (χ1n) is 6.06. The first kappa shape index (κ1) is 13.3. The second-order valence-electron chi connectivity index (χ2n) is 5.74. The molecule has 0 aliphatic heterocycles. The molecule has 0 bridgehead atoms. The lowest BCUT2D eigenvalue weighted by Crippen LogP contribution is -2.14. The third-order valence-corrected chi connectivity index (χ3v) is 3.10. The molecule has 1 aromatic heterocycles. The van der Waals surface area contributed by atoms with Crippen LogP contribution in [0.5, 0.6) is 11.5 Å². The van der Waals surface area contributed by atoms with Gasteiger partial charge in [0.05, 0.1) is 11.3 Å². The zero-order valence-electron chi connectivity index (χ0n) is 11.5. The Kier molecular flexibility index (Phi) is 2.92. The van der Waals surface area contributed by atoms with Crippen LogP contribution in [0, 0.1) is 6.92 Å². The zero-order valence-corrected chi connectivity index (χ0v) is 11.5. The number of aromatic hydroxyl groups is 2. The highest BCUT2D eigenvalue weighted by atomic mass is 16.3. The van der Waals surface area contributed by atoms with Crippen LogP contribution < -0.4 is 5.56 Å². The van der Waals surface area contributed by atoms with Crippen LogP contribution in [-0.2, 0) is 5.41 Å². The maximum atomic E-state index is 12.0. The van der Waals surface area contributed by atoms with Gasteiger partial charge in [0.1, 0.15) is 0 Å². The van der Waals surface area contributed by atoms with Gasteiger partial charge in [-0.25, -0.2) is 0 Å². The molecule has 0 aliphatic rings. The number of aromatic amines is 2. The van der Waals surface area contributed by atoms with E-state index in [4.69, 9.17) is 0 Å². The SMILES string of the molecule is Cc1cc(-c2c(C(C)(C)C)[nH][nH]c2=O)cc(O)c1O. The Labute approximate surface area is 110 Å². The average Bonchev–Trinajstić information content (AvgIpc) is 2.67. The van der Waals surface area contributed by atoms with Crippen molar-refractivity contribution in [3.05, 3.63) is 33.7 Å². The minimum atomic E-state index is -0.241. The van der Waals surface area contributed by atoms with Crippen LogP contribution in [0.1, 0.15) is 32.0 Å². The van der Waals surface area contributed by atoms with Gasteiger partial charge in [0.15, 0.2) is 11.5 Å². The number of aryl methyl sites for hydroxylation is 1.